The van der Waals surface area contributed by atoms with Gasteiger partial charge in [0.1, 0.15) is 40.8 Å². The molecule has 9 rings (SSSR count). The number of hydrogen-bond acceptors (Lipinski definition) is 6. The van der Waals surface area contributed by atoms with Crippen LogP contribution in [0.2, 0.25) is 0 Å². The quantitative estimate of drug-likeness (QED) is 0.253. The molecule has 2 aromatic heterocycles. The molecular formula is C32H28N8. The van der Waals surface area contributed by atoms with E-state index in [2.05, 4.69) is 75.2 Å². The fraction of sp³-hybridized carbons (Fsp3) is 0.250. The second-order valence-corrected chi connectivity index (χ2v) is 11.1. The van der Waals surface area contributed by atoms with Crippen LogP contribution in [0.25, 0.3) is 21.5 Å². The lowest BCUT2D eigenvalue weighted by molar-refractivity contribution is 0.499. The number of rotatable bonds is 0. The van der Waals surface area contributed by atoms with E-state index in [0.717, 1.165) is 81.5 Å². The van der Waals surface area contributed by atoms with Gasteiger partial charge in [0.15, 0.2) is 5.84 Å². The van der Waals surface area contributed by atoms with Crippen molar-refractivity contribution in [3.8, 4) is 0 Å². The number of amidine groups is 2. The normalized spacial score (nSPS) is 23.4. The van der Waals surface area contributed by atoms with Crippen molar-refractivity contribution in [1.29, 1.82) is 0 Å². The summed E-state index contributed by atoms with van der Waals surface area (Å²) in [6.07, 6.45) is 10.7. The summed E-state index contributed by atoms with van der Waals surface area (Å²) < 4.78 is 0. The van der Waals surface area contributed by atoms with Crippen molar-refractivity contribution in [3.05, 3.63) is 94.0 Å². The molecule has 8 heteroatoms. The summed E-state index contributed by atoms with van der Waals surface area (Å²) in [5, 5.41) is 11.7. The highest BCUT2D eigenvalue weighted by atomic mass is 15.2. The van der Waals surface area contributed by atoms with E-state index in [1.165, 1.54) is 35.1 Å². The average molecular weight is 525 g/mol. The summed E-state index contributed by atoms with van der Waals surface area (Å²) in [5.74, 6) is 3.40. The van der Waals surface area contributed by atoms with E-state index in [1.54, 1.807) is 0 Å². The van der Waals surface area contributed by atoms with Crippen LogP contribution in [0.15, 0.2) is 103 Å². The number of aliphatic imine (C=N–C) groups is 2. The molecule has 5 aliphatic rings. The maximum absolute atomic E-state index is 5.20. The zero-order valence-corrected chi connectivity index (χ0v) is 22.0. The zero-order chi connectivity index (χ0) is 26.2. The summed E-state index contributed by atoms with van der Waals surface area (Å²) in [7, 11) is 0. The molecule has 0 amide bonds. The number of aromatic amines is 2. The molecule has 5 heterocycles. The molecule has 2 aromatic carbocycles. The molecule has 2 atom stereocenters. The molecule has 8 bridgehead atoms. The SMILES string of the molecule is C1=CC2=C(CC1)C1N=C2Nc2[nH]c(c3ccccc23)N=c2[nH]c(c3ccccc23)=NC2=NC(N1)C1=C2CCCC1. The summed E-state index contributed by atoms with van der Waals surface area (Å²) in [4.78, 5) is 27.8. The van der Waals surface area contributed by atoms with Crippen LogP contribution in [-0.4, -0.2) is 34.0 Å². The minimum atomic E-state index is -0.123. The smallest absolute Gasteiger partial charge is 0.154 e. The third-order valence-corrected chi connectivity index (χ3v) is 8.79. The standard InChI is InChI=1S/C32H28N8/c1-2-10-18-17(9-1)25-33-26(18)38-28-21-13-5-6-14-22(21)30(35-28)40-32-24-16-8-7-15-23(24)31(36-32)39-29-20-12-4-3-11-19(20)27(34-29)37-25/h1-5,9-13,30,32-33,40H,6-8,14-16H2,(H,35,38)(H,34,36,37,39). The highest BCUT2D eigenvalue weighted by molar-refractivity contribution is 6.16. The molecule has 0 saturated carbocycles. The molecule has 0 spiro atoms. The van der Waals surface area contributed by atoms with Gasteiger partial charge in [-0.25, -0.2) is 20.0 Å². The van der Waals surface area contributed by atoms with Crippen LogP contribution in [0.5, 0.6) is 0 Å². The van der Waals surface area contributed by atoms with Crippen molar-refractivity contribution in [1.82, 2.24) is 15.3 Å². The number of benzene rings is 2. The van der Waals surface area contributed by atoms with Gasteiger partial charge in [0, 0.05) is 27.1 Å². The number of anilines is 1. The first kappa shape index (κ1) is 22.3. The van der Waals surface area contributed by atoms with Crippen LogP contribution in [0.1, 0.15) is 38.5 Å². The first-order valence-corrected chi connectivity index (χ1v) is 14.3. The molecule has 0 saturated heterocycles. The summed E-state index contributed by atoms with van der Waals surface area (Å²) >= 11 is 0. The van der Waals surface area contributed by atoms with E-state index in [-0.39, 0.29) is 12.3 Å². The Hall–Kier alpha value is -4.56. The van der Waals surface area contributed by atoms with Crippen molar-refractivity contribution < 1.29 is 0 Å². The minimum Gasteiger partial charge on any atom is -0.326 e. The average Bonchev–Trinajstić information content (AvgIpc) is 3.73. The van der Waals surface area contributed by atoms with E-state index in [4.69, 9.17) is 20.0 Å². The lowest BCUT2D eigenvalue weighted by Gasteiger charge is -2.23. The number of aromatic nitrogens is 2. The van der Waals surface area contributed by atoms with E-state index in [0.29, 0.717) is 0 Å². The van der Waals surface area contributed by atoms with Gasteiger partial charge in [-0.1, -0.05) is 60.7 Å². The molecular weight excluding hydrogens is 496 g/mol. The molecule has 0 fully saturated rings. The fourth-order valence-corrected chi connectivity index (χ4v) is 6.86. The van der Waals surface area contributed by atoms with E-state index in [1.807, 2.05) is 6.07 Å². The van der Waals surface area contributed by atoms with Crippen molar-refractivity contribution >= 4 is 44.9 Å². The second-order valence-electron chi connectivity index (χ2n) is 11.1. The van der Waals surface area contributed by atoms with Gasteiger partial charge in [-0.2, -0.15) is 0 Å². The first-order valence-electron chi connectivity index (χ1n) is 14.3. The number of allylic oxidation sites excluding steroid dienone is 1. The third kappa shape index (κ3) is 3.29. The molecule has 8 nitrogen and oxygen atoms in total. The number of hydrogen-bond donors (Lipinski definition) is 4. The summed E-state index contributed by atoms with van der Waals surface area (Å²) in [5.41, 5.74) is 6.76. The first-order chi connectivity index (χ1) is 19.8. The van der Waals surface area contributed by atoms with Crippen LogP contribution in [0, 0.1) is 0 Å². The van der Waals surface area contributed by atoms with Crippen molar-refractivity contribution in [3.63, 3.8) is 0 Å². The Morgan fingerprint density at radius 2 is 1.45 bits per heavy atom. The third-order valence-electron chi connectivity index (χ3n) is 8.79. The number of fused-ring (bicyclic) bond motifs is 16. The molecule has 2 unspecified atom stereocenters. The second kappa shape index (κ2) is 8.47. The van der Waals surface area contributed by atoms with Gasteiger partial charge in [-0.3, -0.25) is 5.32 Å². The van der Waals surface area contributed by atoms with Gasteiger partial charge >= 0.3 is 0 Å². The Kier molecular flexibility index (Phi) is 4.72. The van der Waals surface area contributed by atoms with Gasteiger partial charge in [0.05, 0.1) is 0 Å². The van der Waals surface area contributed by atoms with Crippen molar-refractivity contribution in [2.75, 3.05) is 5.32 Å². The van der Waals surface area contributed by atoms with Crippen molar-refractivity contribution in [2.24, 2.45) is 20.0 Å². The van der Waals surface area contributed by atoms with Crippen LogP contribution in [-0.2, 0) is 0 Å². The van der Waals surface area contributed by atoms with Crippen LogP contribution < -0.4 is 21.6 Å². The van der Waals surface area contributed by atoms with Crippen LogP contribution in [0.3, 0.4) is 0 Å². The highest BCUT2D eigenvalue weighted by Crippen LogP contribution is 2.37. The van der Waals surface area contributed by atoms with Crippen LogP contribution in [0.4, 0.5) is 11.6 Å². The number of nitrogens with zero attached hydrogens (tertiary/aromatic N) is 4. The zero-order valence-electron chi connectivity index (χ0n) is 22.0. The van der Waals surface area contributed by atoms with E-state index in [9.17, 15) is 0 Å². The molecule has 196 valence electrons. The maximum atomic E-state index is 5.20. The molecule has 3 aliphatic heterocycles. The number of nitrogens with one attached hydrogen (secondary N) is 4. The van der Waals surface area contributed by atoms with E-state index < -0.39 is 0 Å². The van der Waals surface area contributed by atoms with Crippen LogP contribution >= 0.6 is 0 Å². The molecule has 0 radical (unpaired) electrons. The highest BCUT2D eigenvalue weighted by Gasteiger charge is 2.35. The Morgan fingerprint density at radius 1 is 0.700 bits per heavy atom. The molecule has 4 N–H and O–H groups in total. The minimum absolute atomic E-state index is 0.113. The maximum Gasteiger partial charge on any atom is 0.154 e. The Morgan fingerprint density at radius 3 is 2.33 bits per heavy atom. The predicted molar refractivity (Wildman–Crippen MR) is 159 cm³/mol. The Bertz CT molecular complexity index is 2030. The van der Waals surface area contributed by atoms with Gasteiger partial charge in [-0.15, -0.1) is 0 Å². The Labute approximate surface area is 230 Å². The Balaban J connectivity index is 1.33. The van der Waals surface area contributed by atoms with Gasteiger partial charge in [0.2, 0.25) is 0 Å². The predicted octanol–water partition coefficient (Wildman–Crippen LogP) is 5.23. The van der Waals surface area contributed by atoms with Gasteiger partial charge in [0.25, 0.3) is 0 Å². The molecule has 2 aliphatic carbocycles. The number of H-pyrrole nitrogens is 2. The summed E-state index contributed by atoms with van der Waals surface area (Å²) in [6.45, 7) is 0. The van der Waals surface area contributed by atoms with E-state index >= 15 is 0 Å². The summed E-state index contributed by atoms with van der Waals surface area (Å²) in [6, 6.07) is 16.7. The largest absolute Gasteiger partial charge is 0.326 e. The lowest BCUT2D eigenvalue weighted by atomic mass is 9.91. The molecule has 40 heavy (non-hydrogen) atoms. The van der Waals surface area contributed by atoms with Gasteiger partial charge in [-0.05, 0) is 55.2 Å². The molecule has 4 aromatic rings. The fourth-order valence-electron chi connectivity index (χ4n) is 6.86. The lowest BCUT2D eigenvalue weighted by Crippen LogP contribution is -2.37. The van der Waals surface area contributed by atoms with Gasteiger partial charge < -0.3 is 15.3 Å². The monoisotopic (exact) mass is 524 g/mol. The topological polar surface area (TPSA) is 105 Å². The van der Waals surface area contributed by atoms with Crippen molar-refractivity contribution in [2.45, 2.75) is 50.9 Å².